The number of carbonyl (C=O) groups excluding carboxylic acids is 2. The molecule has 2 N–H and O–H groups in total. The van der Waals surface area contributed by atoms with Crippen LogP contribution >= 0.6 is 0 Å². The van der Waals surface area contributed by atoms with Crippen LogP contribution in [0.2, 0.25) is 0 Å². The first-order chi connectivity index (χ1) is 10.5. The van der Waals surface area contributed by atoms with Gasteiger partial charge in [0.2, 0.25) is 0 Å². The van der Waals surface area contributed by atoms with Gasteiger partial charge in [0.05, 0.1) is 0 Å². The summed E-state index contributed by atoms with van der Waals surface area (Å²) in [6, 6.07) is 0. The summed E-state index contributed by atoms with van der Waals surface area (Å²) < 4.78 is 7.01. The van der Waals surface area contributed by atoms with Gasteiger partial charge in [-0.25, -0.2) is 0 Å². The number of anilines is 1. The third-order valence-corrected chi connectivity index (χ3v) is 6.00. The quantitative estimate of drug-likeness (QED) is 0.585. The molecule has 7 heteroatoms. The molecule has 0 atom stereocenters. The molecule has 1 aromatic heterocycles. The summed E-state index contributed by atoms with van der Waals surface area (Å²) in [5, 5.41) is 11.4. The van der Waals surface area contributed by atoms with E-state index in [4.69, 9.17) is 9.84 Å². The van der Waals surface area contributed by atoms with Crippen molar-refractivity contribution in [3.05, 3.63) is 15.6 Å². The van der Waals surface area contributed by atoms with Crippen LogP contribution in [0.3, 0.4) is 0 Å². The molecule has 1 aromatic rings. The fourth-order valence-electron chi connectivity index (χ4n) is 2.48. The average molecular weight is 372 g/mol. The van der Waals surface area contributed by atoms with Crippen molar-refractivity contribution >= 4 is 36.9 Å². The van der Waals surface area contributed by atoms with Gasteiger partial charge >= 0.3 is 134 Å². The first-order valence-corrected chi connectivity index (χ1v) is 9.07. The Morgan fingerprint density at radius 3 is 2.64 bits per heavy atom. The molecule has 0 saturated heterocycles. The van der Waals surface area contributed by atoms with Gasteiger partial charge in [-0.2, -0.15) is 0 Å². The van der Waals surface area contributed by atoms with E-state index in [0.29, 0.717) is 10.1 Å². The van der Waals surface area contributed by atoms with E-state index in [1.165, 1.54) is 4.44 Å². The minimum absolute atomic E-state index is 0.0727. The van der Waals surface area contributed by atoms with Gasteiger partial charge in [0.15, 0.2) is 0 Å². The monoisotopic (exact) mass is 373 g/mol. The number of carboxylic acid groups (broad SMARTS) is 1. The molecule has 1 aliphatic rings. The van der Waals surface area contributed by atoms with Crippen LogP contribution in [0.25, 0.3) is 0 Å². The van der Waals surface area contributed by atoms with Crippen molar-refractivity contribution in [2.75, 3.05) is 11.9 Å². The van der Waals surface area contributed by atoms with Crippen molar-refractivity contribution in [3.8, 4) is 0 Å². The molecule has 0 bridgehead atoms. The zero-order chi connectivity index (χ0) is 16.1. The van der Waals surface area contributed by atoms with Gasteiger partial charge in [-0.15, -0.1) is 0 Å². The third-order valence-electron chi connectivity index (χ3n) is 3.47. The zero-order valence-corrected chi connectivity index (χ0v) is 14.2. The topological polar surface area (TPSA) is 92.7 Å². The van der Waals surface area contributed by atoms with E-state index < -0.39 is 5.97 Å². The van der Waals surface area contributed by atoms with Gasteiger partial charge < -0.3 is 0 Å². The molecule has 0 saturated carbocycles. The molecule has 0 unspecified atom stereocenters. The van der Waals surface area contributed by atoms with Gasteiger partial charge in [-0.1, -0.05) is 0 Å². The number of aliphatic carboxylic acids is 1. The molecular weight excluding hydrogens is 353 g/mol. The average Bonchev–Trinajstić information content (AvgIpc) is 2.83. The van der Waals surface area contributed by atoms with Crippen molar-refractivity contribution in [1.29, 1.82) is 0 Å². The van der Waals surface area contributed by atoms with Crippen molar-refractivity contribution in [2.24, 2.45) is 0 Å². The number of hydrogen-bond donors (Lipinski definition) is 2. The van der Waals surface area contributed by atoms with E-state index in [0.717, 1.165) is 31.2 Å². The number of nitrogens with one attached hydrogen (secondary N) is 1. The fourth-order valence-corrected chi connectivity index (χ4v) is 5.20. The van der Waals surface area contributed by atoms with Crippen molar-refractivity contribution < 1.29 is 24.2 Å². The molecule has 1 amide bonds. The number of ether oxygens (including phenoxy) is 1. The third kappa shape index (κ3) is 3.99. The minimum atomic E-state index is -1.01. The first-order valence-electron chi connectivity index (χ1n) is 7.36. The Labute approximate surface area is 134 Å². The number of esters is 1. The van der Waals surface area contributed by atoms with E-state index in [1.807, 2.05) is 0 Å². The van der Waals surface area contributed by atoms with Crippen LogP contribution < -0.4 is 5.32 Å². The molecule has 120 valence electrons. The molecule has 22 heavy (non-hydrogen) atoms. The molecular formula is C15H19NO5Se. The molecule has 6 nitrogen and oxygen atoms in total. The van der Waals surface area contributed by atoms with Crippen LogP contribution in [0.1, 0.15) is 53.0 Å². The maximum atomic E-state index is 12.2. The normalized spacial score (nSPS) is 13.3. The van der Waals surface area contributed by atoms with Crippen LogP contribution in [0, 0.1) is 0 Å². The number of carboxylic acids is 1. The summed E-state index contributed by atoms with van der Waals surface area (Å²) in [6.45, 7) is 2.04. The zero-order valence-electron chi connectivity index (χ0n) is 12.4. The second kappa shape index (κ2) is 7.61. The fraction of sp³-hybridized carbons (Fsp3) is 0.533. The van der Waals surface area contributed by atoms with Gasteiger partial charge in [0.25, 0.3) is 0 Å². The van der Waals surface area contributed by atoms with E-state index in [-0.39, 0.29) is 45.8 Å². The number of rotatable bonds is 6. The van der Waals surface area contributed by atoms with E-state index in [1.54, 1.807) is 6.92 Å². The second-order valence-corrected chi connectivity index (χ2v) is 7.40. The maximum absolute atomic E-state index is 12.2. The molecule has 0 aliphatic heterocycles. The van der Waals surface area contributed by atoms with Crippen molar-refractivity contribution in [1.82, 2.24) is 0 Å². The van der Waals surface area contributed by atoms with Crippen LogP contribution in [0.15, 0.2) is 0 Å². The summed E-state index contributed by atoms with van der Waals surface area (Å²) >= 11 is -0.0727. The molecule has 0 aromatic carbocycles. The van der Waals surface area contributed by atoms with E-state index in [9.17, 15) is 14.4 Å². The summed E-state index contributed by atoms with van der Waals surface area (Å²) in [5.41, 5.74) is 1.55. The predicted octanol–water partition coefficient (Wildman–Crippen LogP) is 1.60. The molecule has 0 fully saturated rings. The summed E-state index contributed by atoms with van der Waals surface area (Å²) in [6.07, 6.45) is 3.66. The summed E-state index contributed by atoms with van der Waals surface area (Å²) in [5.74, 6) is -1.75. The summed E-state index contributed by atoms with van der Waals surface area (Å²) in [7, 11) is 0. The summed E-state index contributed by atoms with van der Waals surface area (Å²) in [4.78, 5) is 34.6. The SMILES string of the molecule is CCOC(=O)c1c(NC(=O)CCC(=O)O)[se]c2c1CCCC2. The Balaban J connectivity index is 2.22. The van der Waals surface area contributed by atoms with Crippen molar-refractivity contribution in [3.63, 3.8) is 0 Å². The van der Waals surface area contributed by atoms with Crippen LogP contribution in [-0.2, 0) is 27.2 Å². The number of fused-ring (bicyclic) bond motifs is 1. The van der Waals surface area contributed by atoms with Gasteiger partial charge in [-0.05, 0) is 0 Å². The van der Waals surface area contributed by atoms with Gasteiger partial charge in [0, 0.05) is 0 Å². The van der Waals surface area contributed by atoms with Gasteiger partial charge in [-0.3, -0.25) is 0 Å². The molecule has 0 spiro atoms. The Hall–Kier alpha value is -1.59. The van der Waals surface area contributed by atoms with Crippen LogP contribution in [0.4, 0.5) is 4.56 Å². The number of aryl methyl sites for hydroxylation is 1. The second-order valence-electron chi connectivity index (χ2n) is 5.08. The number of carbonyl (C=O) groups is 3. The predicted molar refractivity (Wildman–Crippen MR) is 81.5 cm³/mol. The standard InChI is InChI=1S/C15H19NO5Se/c1-2-21-15(20)13-9-5-3-4-6-10(9)22-14(13)16-11(17)7-8-12(18)19/h2-8H2,1H3,(H,16,17)(H,18,19). The first kappa shape index (κ1) is 16.8. The molecule has 2 rings (SSSR count). The van der Waals surface area contributed by atoms with Crippen LogP contribution in [0.5, 0.6) is 0 Å². The molecule has 1 heterocycles. The number of hydrogen-bond acceptors (Lipinski definition) is 4. The van der Waals surface area contributed by atoms with Crippen LogP contribution in [-0.4, -0.2) is 44.1 Å². The molecule has 0 radical (unpaired) electrons. The Kier molecular flexibility index (Phi) is 5.80. The van der Waals surface area contributed by atoms with Gasteiger partial charge in [0.1, 0.15) is 0 Å². The molecule has 1 aliphatic carbocycles. The van der Waals surface area contributed by atoms with E-state index >= 15 is 0 Å². The Morgan fingerprint density at radius 2 is 1.95 bits per heavy atom. The Morgan fingerprint density at radius 1 is 1.23 bits per heavy atom. The van der Waals surface area contributed by atoms with E-state index in [2.05, 4.69) is 5.32 Å². The van der Waals surface area contributed by atoms with Crippen molar-refractivity contribution in [2.45, 2.75) is 45.4 Å². The Bertz CT molecular complexity index is 593. The number of amides is 1.